The lowest BCUT2D eigenvalue weighted by molar-refractivity contribution is -0.239. The van der Waals surface area contributed by atoms with Crippen molar-refractivity contribution < 1.29 is 9.47 Å². The summed E-state index contributed by atoms with van der Waals surface area (Å²) in [5, 5.41) is 14.4. The predicted molar refractivity (Wildman–Crippen MR) is 159 cm³/mol. The molecular weight excluding hydrogens is 542 g/mol. The highest BCUT2D eigenvalue weighted by Gasteiger charge is 2.57. The Kier molecular flexibility index (Phi) is 5.10. The van der Waals surface area contributed by atoms with E-state index in [1.165, 1.54) is 0 Å². The van der Waals surface area contributed by atoms with E-state index in [2.05, 4.69) is 67.7 Å². The summed E-state index contributed by atoms with van der Waals surface area (Å²) >= 11 is 0. The number of hydrogen-bond donors (Lipinski definition) is 1. The van der Waals surface area contributed by atoms with Crippen molar-refractivity contribution in [1.82, 2.24) is 39.2 Å². The van der Waals surface area contributed by atoms with Gasteiger partial charge >= 0.3 is 0 Å². The molecule has 210 valence electrons. The van der Waals surface area contributed by atoms with Gasteiger partial charge in [-0.1, -0.05) is 54.6 Å². The molecule has 9 rings (SSSR count). The van der Waals surface area contributed by atoms with Gasteiger partial charge in [0.2, 0.25) is 11.6 Å². The summed E-state index contributed by atoms with van der Waals surface area (Å²) < 4.78 is 15.2. The van der Waals surface area contributed by atoms with Gasteiger partial charge < -0.3 is 15.2 Å². The number of nitrogens with two attached hydrogens (primary N) is 1. The molecule has 43 heavy (non-hydrogen) atoms. The Labute approximate surface area is 245 Å². The van der Waals surface area contributed by atoms with Crippen LogP contribution in [0.25, 0.3) is 56.4 Å². The van der Waals surface area contributed by atoms with Crippen molar-refractivity contribution in [3.8, 4) is 34.0 Å². The Morgan fingerprint density at radius 3 is 2.42 bits per heavy atom. The van der Waals surface area contributed by atoms with E-state index in [9.17, 15) is 0 Å². The Morgan fingerprint density at radius 2 is 1.63 bits per heavy atom. The fourth-order valence-corrected chi connectivity index (χ4v) is 6.41. The summed E-state index contributed by atoms with van der Waals surface area (Å²) in [6.07, 6.45) is 6.70. The highest BCUT2D eigenvalue weighted by molar-refractivity contribution is 5.98. The van der Waals surface area contributed by atoms with Gasteiger partial charge in [0.15, 0.2) is 11.4 Å². The molecule has 0 unspecified atom stereocenters. The van der Waals surface area contributed by atoms with Gasteiger partial charge in [-0.2, -0.15) is 4.98 Å². The molecule has 11 nitrogen and oxygen atoms in total. The molecule has 0 atom stereocenters. The van der Waals surface area contributed by atoms with Crippen LogP contribution in [0.4, 0.5) is 0 Å². The first kappa shape index (κ1) is 24.5. The lowest BCUT2D eigenvalue weighted by Gasteiger charge is -2.50. The second-order valence-corrected chi connectivity index (χ2v) is 11.2. The quantitative estimate of drug-likeness (QED) is 0.329. The van der Waals surface area contributed by atoms with Crippen molar-refractivity contribution in [1.29, 1.82) is 0 Å². The zero-order chi connectivity index (χ0) is 28.6. The maximum absolute atomic E-state index is 6.78. The van der Waals surface area contributed by atoms with E-state index in [0.29, 0.717) is 49.1 Å². The van der Waals surface area contributed by atoms with Gasteiger partial charge in [-0.05, 0) is 29.3 Å². The monoisotopic (exact) mass is 567 g/mol. The van der Waals surface area contributed by atoms with E-state index in [0.717, 1.165) is 38.9 Å². The molecular formula is C32H25N9O2. The molecule has 2 aliphatic rings. The van der Waals surface area contributed by atoms with Crippen LogP contribution in [0, 0.1) is 0 Å². The summed E-state index contributed by atoms with van der Waals surface area (Å²) in [5.41, 5.74) is 12.8. The average Bonchev–Trinajstić information content (AvgIpc) is 3.79. The third kappa shape index (κ3) is 3.79. The number of rotatable bonds is 4. The van der Waals surface area contributed by atoms with Gasteiger partial charge in [-0.25, -0.2) is 14.5 Å². The molecule has 0 bridgehead atoms. The molecule has 1 aliphatic heterocycles. The first-order chi connectivity index (χ1) is 21.1. The molecule has 6 heterocycles. The highest BCUT2D eigenvalue weighted by atomic mass is 16.7. The van der Waals surface area contributed by atoms with Crippen LogP contribution in [0.1, 0.15) is 18.4 Å². The second kappa shape index (κ2) is 8.95. The second-order valence-electron chi connectivity index (χ2n) is 11.2. The van der Waals surface area contributed by atoms with Gasteiger partial charge in [-0.3, -0.25) is 4.40 Å². The third-order valence-electron chi connectivity index (χ3n) is 8.49. The van der Waals surface area contributed by atoms with Crippen molar-refractivity contribution in [2.45, 2.75) is 24.2 Å². The van der Waals surface area contributed by atoms with Crippen LogP contribution in [0.15, 0.2) is 91.4 Å². The topological polar surface area (TPSA) is 131 Å². The van der Waals surface area contributed by atoms with Crippen LogP contribution in [0.3, 0.4) is 0 Å². The molecule has 1 aliphatic carbocycles. The predicted octanol–water partition coefficient (Wildman–Crippen LogP) is 4.41. The van der Waals surface area contributed by atoms with Crippen LogP contribution in [0.2, 0.25) is 0 Å². The Hall–Kier alpha value is -5.10. The minimum atomic E-state index is -0.515. The minimum absolute atomic E-state index is 0.444. The maximum Gasteiger partial charge on any atom is 0.252 e. The van der Waals surface area contributed by atoms with Crippen LogP contribution in [-0.2, 0) is 15.0 Å². The van der Waals surface area contributed by atoms with Crippen molar-refractivity contribution in [3.05, 3.63) is 97.0 Å². The van der Waals surface area contributed by atoms with Gasteiger partial charge in [0, 0.05) is 47.9 Å². The van der Waals surface area contributed by atoms with Crippen LogP contribution in [0.5, 0.6) is 0 Å². The number of benzene rings is 2. The van der Waals surface area contributed by atoms with Crippen LogP contribution < -0.4 is 5.73 Å². The van der Waals surface area contributed by atoms with Gasteiger partial charge in [0.05, 0.1) is 30.0 Å². The van der Waals surface area contributed by atoms with Gasteiger partial charge in [0.1, 0.15) is 0 Å². The Bertz CT molecular complexity index is 2130. The summed E-state index contributed by atoms with van der Waals surface area (Å²) in [6, 6.07) is 24.6. The molecule has 2 N–H and O–H groups in total. The van der Waals surface area contributed by atoms with Gasteiger partial charge in [-0.15, -0.1) is 15.3 Å². The molecule has 2 aromatic carbocycles. The molecule has 1 saturated heterocycles. The standard InChI is InChI=1S/C32H25N9O2/c33-31(18-32(19-31)42-15-16-43-32)22-9-7-21(8-10-22)26-23(20-5-2-1-3-6-20)17-24-25(35-26)11-14-40-28(24)37-38-29(40)27-36-30-34-12-4-13-41(30)39-27/h1-14,17H,15-16,18-19,33H2. The number of nitrogens with zero attached hydrogens (tertiary/aromatic N) is 8. The smallest absolute Gasteiger partial charge is 0.252 e. The van der Waals surface area contributed by atoms with E-state index in [4.69, 9.17) is 20.2 Å². The molecule has 1 saturated carbocycles. The lowest BCUT2D eigenvalue weighted by Crippen LogP contribution is -2.60. The molecule has 7 aromatic rings. The van der Waals surface area contributed by atoms with E-state index >= 15 is 0 Å². The molecule has 0 radical (unpaired) electrons. The van der Waals surface area contributed by atoms with Crippen molar-refractivity contribution in [3.63, 3.8) is 0 Å². The number of aromatic nitrogens is 8. The molecule has 2 fully saturated rings. The largest absolute Gasteiger partial charge is 0.347 e. The van der Waals surface area contributed by atoms with Crippen molar-refractivity contribution in [2.75, 3.05) is 13.2 Å². The first-order valence-corrected chi connectivity index (χ1v) is 14.2. The maximum atomic E-state index is 6.78. The number of fused-ring (bicyclic) bond motifs is 4. The first-order valence-electron chi connectivity index (χ1n) is 14.2. The summed E-state index contributed by atoms with van der Waals surface area (Å²) in [5.74, 6) is 0.958. The summed E-state index contributed by atoms with van der Waals surface area (Å²) in [7, 11) is 0. The van der Waals surface area contributed by atoms with Crippen LogP contribution >= 0.6 is 0 Å². The van der Waals surface area contributed by atoms with Crippen LogP contribution in [-0.4, -0.2) is 58.2 Å². The zero-order valence-corrected chi connectivity index (χ0v) is 23.0. The molecule has 1 spiro atoms. The molecule has 0 amide bonds. The Morgan fingerprint density at radius 1 is 0.814 bits per heavy atom. The zero-order valence-electron chi connectivity index (χ0n) is 23.0. The number of hydrogen-bond acceptors (Lipinski definition) is 9. The van der Waals surface area contributed by atoms with Crippen molar-refractivity contribution >= 4 is 22.3 Å². The highest BCUT2D eigenvalue weighted by Crippen LogP contribution is 2.51. The SMILES string of the molecule is NC1(c2ccc(-c3nc4ccn5c(-c6nc7ncccn7n6)nnc5c4cc3-c3ccccc3)cc2)CC2(C1)OCCO2. The molecule has 5 aromatic heterocycles. The Balaban J connectivity index is 1.15. The minimum Gasteiger partial charge on any atom is -0.347 e. The summed E-state index contributed by atoms with van der Waals surface area (Å²) in [4.78, 5) is 14.0. The average molecular weight is 568 g/mol. The van der Waals surface area contributed by atoms with E-state index in [1.54, 1.807) is 23.0 Å². The van der Waals surface area contributed by atoms with E-state index in [1.807, 2.05) is 34.9 Å². The third-order valence-corrected chi connectivity index (χ3v) is 8.49. The fourth-order valence-electron chi connectivity index (χ4n) is 6.41. The number of ether oxygens (including phenoxy) is 2. The van der Waals surface area contributed by atoms with Gasteiger partial charge in [0.25, 0.3) is 5.78 Å². The lowest BCUT2D eigenvalue weighted by atomic mass is 9.68. The normalized spacial score (nSPS) is 17.2. The number of pyridine rings is 2. The van der Waals surface area contributed by atoms with E-state index in [-0.39, 0.29) is 0 Å². The molecule has 11 heteroatoms. The summed E-state index contributed by atoms with van der Waals surface area (Å²) in [6.45, 7) is 1.25. The van der Waals surface area contributed by atoms with E-state index < -0.39 is 11.3 Å². The fraction of sp³-hybridized carbons (Fsp3) is 0.188. The van der Waals surface area contributed by atoms with Crippen molar-refractivity contribution in [2.24, 2.45) is 5.73 Å².